The van der Waals surface area contributed by atoms with Gasteiger partial charge >= 0.3 is 5.97 Å². The van der Waals surface area contributed by atoms with E-state index in [1.54, 1.807) is 42.6 Å². The van der Waals surface area contributed by atoms with Crippen LogP contribution in [-0.2, 0) is 5.75 Å². The third-order valence-corrected chi connectivity index (χ3v) is 4.26. The van der Waals surface area contributed by atoms with Crippen LogP contribution in [0.3, 0.4) is 0 Å². The van der Waals surface area contributed by atoms with Gasteiger partial charge in [0.05, 0.1) is 12.5 Å². The highest BCUT2D eigenvalue weighted by Crippen LogP contribution is 2.14. The van der Waals surface area contributed by atoms with Crippen molar-refractivity contribution in [2.75, 3.05) is 0 Å². The number of amidine groups is 1. The first-order valence-electron chi connectivity index (χ1n) is 8.10. The number of benzene rings is 2. The van der Waals surface area contributed by atoms with Crippen LogP contribution in [-0.4, -0.2) is 17.4 Å². The van der Waals surface area contributed by atoms with Crippen LogP contribution in [0, 0.1) is 0 Å². The van der Waals surface area contributed by atoms with E-state index in [-0.39, 0.29) is 5.76 Å². The number of ether oxygens (including phenoxy) is 1. The number of furan rings is 1. The zero-order valence-corrected chi connectivity index (χ0v) is 15.1. The maximum absolute atomic E-state index is 11.8. The van der Waals surface area contributed by atoms with Gasteiger partial charge in [0.2, 0.25) is 5.76 Å². The van der Waals surface area contributed by atoms with Crippen molar-refractivity contribution in [3.8, 4) is 5.75 Å². The highest BCUT2D eigenvalue weighted by atomic mass is 32.2. The molecule has 1 heterocycles. The second-order valence-electron chi connectivity index (χ2n) is 5.39. The van der Waals surface area contributed by atoms with Gasteiger partial charge in [0, 0.05) is 5.75 Å². The Hall–Kier alpha value is -3.32. The smallest absolute Gasteiger partial charge is 0.379 e. The second-order valence-corrected chi connectivity index (χ2v) is 6.39. The molecule has 0 atom stereocenters. The molecule has 0 unspecified atom stereocenters. The molecular weight excluding hydrogens is 362 g/mol. The third kappa shape index (κ3) is 5.86. The van der Waals surface area contributed by atoms with Crippen LogP contribution in [0.25, 0.3) is 0 Å². The number of nitrogens with two attached hydrogens (primary N) is 1. The molecule has 2 N–H and O–H groups in total. The number of carbonyl (C=O) groups excluding carboxylic acids is 1. The summed E-state index contributed by atoms with van der Waals surface area (Å²) in [6.45, 7) is 0. The molecule has 0 aliphatic carbocycles. The van der Waals surface area contributed by atoms with E-state index in [9.17, 15) is 4.79 Å². The summed E-state index contributed by atoms with van der Waals surface area (Å²) < 4.78 is 10.2. The molecule has 0 bridgehead atoms. The summed E-state index contributed by atoms with van der Waals surface area (Å²) in [5.74, 6) is 0.754. The number of hydrogen-bond donors (Lipinski definition) is 1. The van der Waals surface area contributed by atoms with Crippen LogP contribution in [0.2, 0.25) is 0 Å². The molecule has 1 aromatic heterocycles. The Kier molecular flexibility index (Phi) is 6.43. The number of carbonyl (C=O) groups is 1. The molecule has 0 radical (unpaired) electrons. The van der Waals surface area contributed by atoms with E-state index in [0.717, 1.165) is 11.3 Å². The van der Waals surface area contributed by atoms with Crippen LogP contribution in [0.15, 0.2) is 87.6 Å². The summed E-state index contributed by atoms with van der Waals surface area (Å²) >= 11 is 1.42. The fourth-order valence-corrected chi connectivity index (χ4v) is 2.70. The molecule has 7 heteroatoms. The zero-order chi connectivity index (χ0) is 18.9. The summed E-state index contributed by atoms with van der Waals surface area (Å²) in [7, 11) is 0. The molecule has 3 aromatic rings. The van der Waals surface area contributed by atoms with Crippen LogP contribution in [0.5, 0.6) is 5.75 Å². The van der Waals surface area contributed by atoms with Crippen molar-refractivity contribution in [2.24, 2.45) is 15.9 Å². The Labute approximate surface area is 160 Å². The lowest BCUT2D eigenvalue weighted by Crippen LogP contribution is -2.07. The van der Waals surface area contributed by atoms with E-state index < -0.39 is 5.97 Å². The van der Waals surface area contributed by atoms with Gasteiger partial charge in [-0.05, 0) is 47.5 Å². The lowest BCUT2D eigenvalue weighted by atomic mass is 10.2. The van der Waals surface area contributed by atoms with Gasteiger partial charge in [-0.25, -0.2) is 4.79 Å². The van der Waals surface area contributed by atoms with Gasteiger partial charge in [0.15, 0.2) is 5.17 Å². The number of hydrogen-bond acceptors (Lipinski definition) is 6. The Bertz CT molecular complexity index is 921. The maximum Gasteiger partial charge on any atom is 0.379 e. The molecule has 0 aliphatic rings. The van der Waals surface area contributed by atoms with E-state index in [0.29, 0.717) is 10.9 Å². The number of rotatable bonds is 6. The quantitative estimate of drug-likeness (QED) is 0.229. The van der Waals surface area contributed by atoms with Gasteiger partial charge in [-0.2, -0.15) is 5.10 Å². The van der Waals surface area contributed by atoms with Crippen molar-refractivity contribution in [1.82, 2.24) is 0 Å². The van der Waals surface area contributed by atoms with Gasteiger partial charge in [-0.3, -0.25) is 0 Å². The molecule has 3 rings (SSSR count). The topological polar surface area (TPSA) is 90.2 Å². The van der Waals surface area contributed by atoms with Crippen molar-refractivity contribution >= 4 is 29.1 Å². The Balaban J connectivity index is 1.50. The molecule has 2 aromatic carbocycles. The van der Waals surface area contributed by atoms with Gasteiger partial charge in [0.1, 0.15) is 5.75 Å². The molecule has 6 nitrogen and oxygen atoms in total. The van der Waals surface area contributed by atoms with Gasteiger partial charge in [-0.1, -0.05) is 42.1 Å². The van der Waals surface area contributed by atoms with E-state index in [1.807, 2.05) is 30.3 Å². The molecular formula is C20H17N3O3S. The molecule has 27 heavy (non-hydrogen) atoms. The summed E-state index contributed by atoms with van der Waals surface area (Å²) in [6, 6.07) is 20.0. The Morgan fingerprint density at radius 1 is 1.07 bits per heavy atom. The monoisotopic (exact) mass is 379 g/mol. The number of thioether (sulfide) groups is 1. The van der Waals surface area contributed by atoms with Crippen LogP contribution < -0.4 is 10.5 Å². The molecule has 0 saturated carbocycles. The van der Waals surface area contributed by atoms with E-state index in [1.165, 1.54) is 23.6 Å². The predicted molar refractivity (Wildman–Crippen MR) is 107 cm³/mol. The average Bonchev–Trinajstić information content (AvgIpc) is 3.24. The number of esters is 1. The fraction of sp³-hybridized carbons (Fsp3) is 0.0500. The van der Waals surface area contributed by atoms with Crippen LogP contribution in [0.4, 0.5) is 0 Å². The highest BCUT2D eigenvalue weighted by molar-refractivity contribution is 8.13. The van der Waals surface area contributed by atoms with E-state index in [2.05, 4.69) is 10.2 Å². The molecule has 136 valence electrons. The Morgan fingerprint density at radius 3 is 2.56 bits per heavy atom. The first kappa shape index (κ1) is 18.5. The first-order valence-corrected chi connectivity index (χ1v) is 9.08. The van der Waals surface area contributed by atoms with Crippen molar-refractivity contribution in [3.63, 3.8) is 0 Å². The van der Waals surface area contributed by atoms with Gasteiger partial charge < -0.3 is 14.9 Å². The summed E-state index contributed by atoms with van der Waals surface area (Å²) in [4.78, 5) is 11.8. The summed E-state index contributed by atoms with van der Waals surface area (Å²) in [5, 5.41) is 8.34. The lowest BCUT2D eigenvalue weighted by molar-refractivity contribution is 0.0701. The van der Waals surface area contributed by atoms with Crippen LogP contribution in [0.1, 0.15) is 21.7 Å². The normalized spacial score (nSPS) is 11.6. The Morgan fingerprint density at radius 2 is 1.85 bits per heavy atom. The van der Waals surface area contributed by atoms with Crippen molar-refractivity contribution in [2.45, 2.75) is 5.75 Å². The standard InChI is InChI=1S/C20H17N3O3S/c21-20(27-14-16-5-2-1-3-6-16)23-22-13-15-8-10-17(11-9-15)26-19(24)18-7-4-12-25-18/h1-13H,14H2,(H2,21,23). The van der Waals surface area contributed by atoms with E-state index in [4.69, 9.17) is 14.9 Å². The molecule has 0 amide bonds. The molecule has 0 aliphatic heterocycles. The lowest BCUT2D eigenvalue weighted by Gasteiger charge is -2.02. The zero-order valence-electron chi connectivity index (χ0n) is 14.3. The van der Waals surface area contributed by atoms with Crippen molar-refractivity contribution in [3.05, 3.63) is 89.9 Å². The SMILES string of the molecule is NC(=NN=Cc1ccc(OC(=O)c2ccco2)cc1)SCc1ccccc1. The minimum Gasteiger partial charge on any atom is -0.457 e. The van der Waals surface area contributed by atoms with Crippen molar-refractivity contribution < 1.29 is 13.9 Å². The highest BCUT2D eigenvalue weighted by Gasteiger charge is 2.10. The molecule has 0 fully saturated rings. The minimum atomic E-state index is -0.547. The molecule has 0 saturated heterocycles. The van der Waals surface area contributed by atoms with Gasteiger partial charge in [0.25, 0.3) is 0 Å². The van der Waals surface area contributed by atoms with Crippen molar-refractivity contribution in [1.29, 1.82) is 0 Å². The molecule has 0 spiro atoms. The second kappa shape index (κ2) is 9.40. The largest absolute Gasteiger partial charge is 0.457 e. The fourth-order valence-electron chi connectivity index (χ4n) is 2.09. The summed E-state index contributed by atoms with van der Waals surface area (Å²) in [5.41, 5.74) is 7.82. The third-order valence-electron chi connectivity index (χ3n) is 3.41. The van der Waals surface area contributed by atoms with Gasteiger partial charge in [-0.15, -0.1) is 5.10 Å². The minimum absolute atomic E-state index is 0.151. The first-order chi connectivity index (χ1) is 13.2. The summed E-state index contributed by atoms with van der Waals surface area (Å²) in [6.07, 6.45) is 2.99. The number of nitrogens with zero attached hydrogens (tertiary/aromatic N) is 2. The van der Waals surface area contributed by atoms with E-state index >= 15 is 0 Å². The van der Waals surface area contributed by atoms with Crippen LogP contribution >= 0.6 is 11.8 Å². The predicted octanol–water partition coefficient (Wildman–Crippen LogP) is 4.08. The average molecular weight is 379 g/mol. The maximum atomic E-state index is 11.8.